The Morgan fingerprint density at radius 1 is 1.47 bits per heavy atom. The van der Waals surface area contributed by atoms with E-state index in [1.54, 1.807) is 19.3 Å². The highest BCUT2D eigenvalue weighted by Crippen LogP contribution is 2.13. The van der Waals surface area contributed by atoms with Crippen LogP contribution in [0.5, 0.6) is 0 Å². The normalized spacial score (nSPS) is 10.7. The molecule has 0 amide bonds. The number of hydrogen-bond donors (Lipinski definition) is 0. The highest BCUT2D eigenvalue weighted by molar-refractivity contribution is 5.52. The van der Waals surface area contributed by atoms with E-state index in [0.717, 1.165) is 5.56 Å². The summed E-state index contributed by atoms with van der Waals surface area (Å²) in [7, 11) is 1.67. The average molecular weight is 235 g/mol. The maximum Gasteiger partial charge on any atom is 0.252 e. The van der Waals surface area contributed by atoms with Crippen LogP contribution < -0.4 is 5.56 Å². The van der Waals surface area contributed by atoms with Crippen molar-refractivity contribution in [2.45, 2.75) is 13.5 Å². The molecule has 0 aliphatic carbocycles. The van der Waals surface area contributed by atoms with E-state index < -0.39 is 0 Å². The zero-order valence-corrected chi connectivity index (χ0v) is 9.71. The van der Waals surface area contributed by atoms with Crippen molar-refractivity contribution in [3.63, 3.8) is 0 Å². The molecule has 2 heterocycles. The zero-order valence-electron chi connectivity index (χ0n) is 9.71. The summed E-state index contributed by atoms with van der Waals surface area (Å²) in [5, 5.41) is 3.83. The van der Waals surface area contributed by atoms with Crippen molar-refractivity contribution >= 4 is 0 Å². The van der Waals surface area contributed by atoms with Gasteiger partial charge in [-0.15, -0.1) is 0 Å². The van der Waals surface area contributed by atoms with Crippen LogP contribution in [0.2, 0.25) is 0 Å². The lowest BCUT2D eigenvalue weighted by atomic mass is 10.3. The quantitative estimate of drug-likeness (QED) is 0.789. The second-order valence-corrected chi connectivity index (χ2v) is 3.52. The minimum absolute atomic E-state index is 0.0771. The molecule has 0 N–H and O–H groups in total. The van der Waals surface area contributed by atoms with Crippen LogP contribution in [0, 0.1) is 0 Å². The second-order valence-electron chi connectivity index (χ2n) is 3.52. The first-order chi connectivity index (χ1) is 8.20. The fourth-order valence-electron chi connectivity index (χ4n) is 1.35. The molecule has 2 aromatic heterocycles. The van der Waals surface area contributed by atoms with Gasteiger partial charge in [-0.05, 0) is 13.0 Å². The van der Waals surface area contributed by atoms with Gasteiger partial charge in [0.25, 0.3) is 5.89 Å². The Balaban J connectivity index is 2.24. The summed E-state index contributed by atoms with van der Waals surface area (Å²) in [4.78, 5) is 15.4. The lowest BCUT2D eigenvalue weighted by Crippen LogP contribution is -2.14. The summed E-state index contributed by atoms with van der Waals surface area (Å²) in [6, 6.07) is 3.13. The third-order valence-electron chi connectivity index (χ3n) is 2.24. The summed E-state index contributed by atoms with van der Waals surface area (Å²) in [6.07, 6.45) is 1.66. The standard InChI is InChI=1S/C11H13N3O3/c1-3-16-7-9-12-11(13-17-9)8-4-5-10(15)14(2)6-8/h4-6H,3,7H2,1-2H3. The van der Waals surface area contributed by atoms with E-state index in [-0.39, 0.29) is 5.56 Å². The van der Waals surface area contributed by atoms with E-state index in [9.17, 15) is 4.79 Å². The van der Waals surface area contributed by atoms with Gasteiger partial charge in [0, 0.05) is 31.5 Å². The summed E-state index contributed by atoms with van der Waals surface area (Å²) < 4.78 is 11.6. The van der Waals surface area contributed by atoms with Gasteiger partial charge < -0.3 is 13.8 Å². The third kappa shape index (κ3) is 2.59. The van der Waals surface area contributed by atoms with Gasteiger partial charge in [-0.1, -0.05) is 5.16 Å². The van der Waals surface area contributed by atoms with Gasteiger partial charge in [-0.2, -0.15) is 4.98 Å². The zero-order chi connectivity index (χ0) is 12.3. The summed E-state index contributed by atoms with van der Waals surface area (Å²) in [5.41, 5.74) is 0.658. The average Bonchev–Trinajstić information content (AvgIpc) is 2.79. The third-order valence-corrected chi connectivity index (χ3v) is 2.24. The molecule has 0 aliphatic heterocycles. The van der Waals surface area contributed by atoms with Gasteiger partial charge in [0.2, 0.25) is 11.4 Å². The van der Waals surface area contributed by atoms with Gasteiger partial charge in [-0.3, -0.25) is 4.79 Å². The molecule has 0 atom stereocenters. The monoisotopic (exact) mass is 235 g/mol. The molecule has 17 heavy (non-hydrogen) atoms. The number of pyridine rings is 1. The van der Waals surface area contributed by atoms with Crippen LogP contribution >= 0.6 is 0 Å². The van der Waals surface area contributed by atoms with Crippen LogP contribution in [0.1, 0.15) is 12.8 Å². The molecule has 0 unspecified atom stereocenters. The summed E-state index contributed by atoms with van der Waals surface area (Å²) in [5.74, 6) is 0.881. The van der Waals surface area contributed by atoms with E-state index in [4.69, 9.17) is 9.26 Å². The molecule has 0 aromatic carbocycles. The van der Waals surface area contributed by atoms with Crippen LogP contribution in [0.15, 0.2) is 27.6 Å². The number of ether oxygens (including phenoxy) is 1. The van der Waals surface area contributed by atoms with Crippen molar-refractivity contribution in [3.8, 4) is 11.4 Å². The number of hydrogen-bond acceptors (Lipinski definition) is 5. The number of aromatic nitrogens is 3. The Hall–Kier alpha value is -1.95. The molecular formula is C11H13N3O3. The Bertz CT molecular complexity index is 559. The molecule has 2 aromatic rings. The van der Waals surface area contributed by atoms with Crippen molar-refractivity contribution < 1.29 is 9.26 Å². The van der Waals surface area contributed by atoms with Gasteiger partial charge in [0.1, 0.15) is 6.61 Å². The van der Waals surface area contributed by atoms with Crippen LogP contribution in [0.4, 0.5) is 0 Å². The molecule has 0 fully saturated rings. The summed E-state index contributed by atoms with van der Waals surface area (Å²) in [6.45, 7) is 2.79. The van der Waals surface area contributed by atoms with Gasteiger partial charge in [0.15, 0.2) is 0 Å². The fraction of sp³-hybridized carbons (Fsp3) is 0.364. The first kappa shape index (κ1) is 11.5. The van der Waals surface area contributed by atoms with Crippen molar-refractivity contribution in [3.05, 3.63) is 34.6 Å². The number of nitrogens with zero attached hydrogens (tertiary/aromatic N) is 3. The predicted molar refractivity (Wildman–Crippen MR) is 60.3 cm³/mol. The minimum atomic E-state index is -0.0771. The van der Waals surface area contributed by atoms with Crippen molar-refractivity contribution in [1.29, 1.82) is 0 Å². The summed E-state index contributed by atoms with van der Waals surface area (Å²) >= 11 is 0. The lowest BCUT2D eigenvalue weighted by molar-refractivity contribution is 0.109. The topological polar surface area (TPSA) is 70.2 Å². The molecule has 0 saturated heterocycles. The molecule has 6 nitrogen and oxygen atoms in total. The molecule has 2 rings (SSSR count). The first-order valence-electron chi connectivity index (χ1n) is 5.28. The van der Waals surface area contributed by atoms with E-state index in [0.29, 0.717) is 24.9 Å². The highest BCUT2D eigenvalue weighted by atomic mass is 16.5. The molecule has 90 valence electrons. The maximum absolute atomic E-state index is 11.2. The van der Waals surface area contributed by atoms with Crippen molar-refractivity contribution in [2.24, 2.45) is 7.05 Å². The second kappa shape index (κ2) is 4.92. The SMILES string of the molecule is CCOCc1nc(-c2ccc(=O)n(C)c2)no1. The van der Waals surface area contributed by atoms with Crippen LogP contribution in [-0.2, 0) is 18.4 Å². The van der Waals surface area contributed by atoms with Crippen molar-refractivity contribution in [2.75, 3.05) is 6.61 Å². The van der Waals surface area contributed by atoms with E-state index in [1.807, 2.05) is 6.92 Å². The van der Waals surface area contributed by atoms with Crippen LogP contribution in [-0.4, -0.2) is 21.3 Å². The fourth-order valence-corrected chi connectivity index (χ4v) is 1.35. The minimum Gasteiger partial charge on any atom is -0.372 e. The van der Waals surface area contributed by atoms with Gasteiger partial charge >= 0.3 is 0 Å². The number of rotatable bonds is 4. The Morgan fingerprint density at radius 3 is 3.00 bits per heavy atom. The Kier molecular flexibility index (Phi) is 3.34. The van der Waals surface area contributed by atoms with Crippen LogP contribution in [0.25, 0.3) is 11.4 Å². The molecule has 0 spiro atoms. The molecule has 0 saturated carbocycles. The van der Waals surface area contributed by atoms with E-state index >= 15 is 0 Å². The Labute approximate surface area is 97.8 Å². The Morgan fingerprint density at radius 2 is 2.29 bits per heavy atom. The van der Waals surface area contributed by atoms with Gasteiger partial charge in [0.05, 0.1) is 0 Å². The molecule has 6 heteroatoms. The molecule has 0 aliphatic rings. The van der Waals surface area contributed by atoms with Gasteiger partial charge in [-0.25, -0.2) is 0 Å². The molecule has 0 radical (unpaired) electrons. The van der Waals surface area contributed by atoms with Crippen LogP contribution in [0.3, 0.4) is 0 Å². The van der Waals surface area contributed by atoms with Crippen molar-refractivity contribution in [1.82, 2.24) is 14.7 Å². The molecular weight excluding hydrogens is 222 g/mol. The highest BCUT2D eigenvalue weighted by Gasteiger charge is 2.08. The smallest absolute Gasteiger partial charge is 0.252 e. The largest absolute Gasteiger partial charge is 0.372 e. The number of aryl methyl sites for hydroxylation is 1. The lowest BCUT2D eigenvalue weighted by Gasteiger charge is -1.97. The first-order valence-corrected chi connectivity index (χ1v) is 5.28. The molecule has 0 bridgehead atoms. The predicted octanol–water partition coefficient (Wildman–Crippen LogP) is 0.972. The van der Waals surface area contributed by atoms with E-state index in [1.165, 1.54) is 10.6 Å². The maximum atomic E-state index is 11.2. The van der Waals surface area contributed by atoms with E-state index in [2.05, 4.69) is 10.1 Å².